The Morgan fingerprint density at radius 3 is 2.54 bits per heavy atom. The van der Waals surface area contributed by atoms with Crippen LogP contribution >= 0.6 is 11.3 Å². The fraction of sp³-hybridized carbons (Fsp3) is 0.111. The molecule has 0 N–H and O–H groups in total. The zero-order valence-electron chi connectivity index (χ0n) is 12.8. The van der Waals surface area contributed by atoms with E-state index in [1.807, 2.05) is 12.1 Å². The second-order valence-corrected chi connectivity index (χ2v) is 10.9. The summed E-state index contributed by atoms with van der Waals surface area (Å²) in [5, 5.41) is 1.80. The van der Waals surface area contributed by atoms with E-state index in [1.165, 1.54) is 20.3 Å². The predicted octanol–water partition coefficient (Wildman–Crippen LogP) is 2.15. The summed E-state index contributed by atoms with van der Waals surface area (Å²) in [5.74, 6) is 0. The fourth-order valence-corrected chi connectivity index (χ4v) is 7.31. The molecule has 24 heavy (non-hydrogen) atoms. The molecule has 0 spiro atoms. The van der Waals surface area contributed by atoms with Gasteiger partial charge in [-0.3, -0.25) is 0 Å². The predicted molar refractivity (Wildman–Crippen MR) is 100 cm³/mol. The van der Waals surface area contributed by atoms with Gasteiger partial charge in [0, 0.05) is 0 Å². The van der Waals surface area contributed by atoms with Crippen molar-refractivity contribution in [3.05, 3.63) is 71.6 Å². The molecule has 0 aliphatic carbocycles. The Morgan fingerprint density at radius 1 is 0.958 bits per heavy atom. The minimum atomic E-state index is -3.42. The van der Waals surface area contributed by atoms with Crippen LogP contribution in [0.25, 0.3) is 0 Å². The van der Waals surface area contributed by atoms with Crippen LogP contribution in [0.4, 0.5) is 5.69 Å². The van der Waals surface area contributed by atoms with Crippen LogP contribution in [0.2, 0.25) is 0 Å². The molecule has 0 saturated carbocycles. The van der Waals surface area contributed by atoms with Crippen molar-refractivity contribution in [2.24, 2.45) is 0 Å². The van der Waals surface area contributed by atoms with Gasteiger partial charge in [-0.05, 0) is 0 Å². The van der Waals surface area contributed by atoms with Crippen LogP contribution in [-0.4, -0.2) is 29.9 Å². The summed E-state index contributed by atoms with van der Waals surface area (Å²) in [6, 6.07) is 20.1. The summed E-state index contributed by atoms with van der Waals surface area (Å²) in [4.78, 5) is 0. The van der Waals surface area contributed by atoms with E-state index in [2.05, 4.69) is 36.4 Å². The second kappa shape index (κ2) is 6.37. The quantitative estimate of drug-likeness (QED) is 0.607. The van der Waals surface area contributed by atoms with Crippen LogP contribution in [0.1, 0.15) is 5.56 Å². The number of nitrogens with zero attached hydrogens (tertiary/aromatic N) is 1. The summed E-state index contributed by atoms with van der Waals surface area (Å²) in [6.07, 6.45) is 0.776. The Bertz CT molecular complexity index is 954. The Hall–Kier alpha value is -1.59. The average molecular weight is 420 g/mol. The summed E-state index contributed by atoms with van der Waals surface area (Å²) in [7, 11) is -3.42. The van der Waals surface area contributed by atoms with Crippen molar-refractivity contribution in [1.29, 1.82) is 0 Å². The van der Waals surface area contributed by atoms with Crippen molar-refractivity contribution in [1.82, 2.24) is 0 Å². The number of fused-ring (bicyclic) bond motifs is 1. The first-order chi connectivity index (χ1) is 11.6. The zero-order valence-corrected chi connectivity index (χ0v) is 16.1. The Kier molecular flexibility index (Phi) is 4.22. The number of anilines is 1. The van der Waals surface area contributed by atoms with Crippen molar-refractivity contribution in [3.63, 3.8) is 0 Å². The Morgan fingerprint density at radius 2 is 1.79 bits per heavy atom. The molecule has 0 bridgehead atoms. The van der Waals surface area contributed by atoms with Crippen LogP contribution in [0.5, 0.6) is 0 Å². The molecule has 2 aromatic carbocycles. The first-order valence-electron chi connectivity index (χ1n) is 7.57. The molecule has 2 heterocycles. The molecule has 1 aromatic heterocycles. The third-order valence-electron chi connectivity index (χ3n) is 3.92. The molecule has 1 aliphatic heterocycles. The van der Waals surface area contributed by atoms with Gasteiger partial charge < -0.3 is 0 Å². The van der Waals surface area contributed by atoms with Crippen molar-refractivity contribution in [2.75, 3.05) is 10.8 Å². The standard InChI is InChI=1S/C18H15NO2S2Se/c20-23(21,18-7-4-12-22-18)19-11-10-14-13-16(8-9-17(14)19)24-15-5-2-1-3-6-15/h1-9,12-13H,10-11H2. The van der Waals surface area contributed by atoms with E-state index in [9.17, 15) is 8.42 Å². The summed E-state index contributed by atoms with van der Waals surface area (Å²) in [5.41, 5.74) is 1.96. The van der Waals surface area contributed by atoms with Gasteiger partial charge in [0.15, 0.2) is 0 Å². The number of thiophene rings is 1. The van der Waals surface area contributed by atoms with E-state index in [0.717, 1.165) is 17.7 Å². The molecule has 0 radical (unpaired) electrons. The van der Waals surface area contributed by atoms with E-state index in [1.54, 1.807) is 21.8 Å². The molecular formula is C18H15NO2S2Se. The maximum atomic E-state index is 12.8. The summed E-state index contributed by atoms with van der Waals surface area (Å²) in [6.45, 7) is 0.525. The first kappa shape index (κ1) is 15.9. The number of benzene rings is 2. The number of sulfonamides is 1. The van der Waals surface area contributed by atoms with Crippen LogP contribution in [0, 0.1) is 0 Å². The Balaban J connectivity index is 1.64. The van der Waals surface area contributed by atoms with E-state index in [4.69, 9.17) is 0 Å². The first-order valence-corrected chi connectivity index (χ1v) is 11.6. The van der Waals surface area contributed by atoms with Gasteiger partial charge in [0.25, 0.3) is 0 Å². The molecule has 4 rings (SSSR count). The van der Waals surface area contributed by atoms with Gasteiger partial charge in [0.05, 0.1) is 0 Å². The average Bonchev–Trinajstić information content (AvgIpc) is 3.26. The van der Waals surface area contributed by atoms with E-state index in [-0.39, 0.29) is 15.0 Å². The summed E-state index contributed by atoms with van der Waals surface area (Å²) < 4.78 is 30.1. The molecule has 1 aliphatic rings. The van der Waals surface area contributed by atoms with Gasteiger partial charge in [-0.25, -0.2) is 0 Å². The molecule has 3 aromatic rings. The summed E-state index contributed by atoms with van der Waals surface area (Å²) >= 11 is 1.52. The monoisotopic (exact) mass is 421 g/mol. The number of hydrogen-bond acceptors (Lipinski definition) is 3. The molecule has 0 fully saturated rings. The molecule has 3 nitrogen and oxygen atoms in total. The van der Waals surface area contributed by atoms with Crippen LogP contribution < -0.4 is 13.2 Å². The van der Waals surface area contributed by atoms with Gasteiger partial charge >= 0.3 is 152 Å². The molecule has 0 atom stereocenters. The van der Waals surface area contributed by atoms with Crippen LogP contribution in [0.3, 0.4) is 0 Å². The van der Waals surface area contributed by atoms with Gasteiger partial charge in [0.2, 0.25) is 0 Å². The Labute approximate surface area is 152 Å². The van der Waals surface area contributed by atoms with Crippen molar-refractivity contribution >= 4 is 50.9 Å². The van der Waals surface area contributed by atoms with Gasteiger partial charge in [-0.2, -0.15) is 0 Å². The van der Waals surface area contributed by atoms with Crippen LogP contribution in [0.15, 0.2) is 70.3 Å². The molecule has 0 amide bonds. The molecule has 0 unspecified atom stereocenters. The number of rotatable bonds is 4. The van der Waals surface area contributed by atoms with Crippen LogP contribution in [-0.2, 0) is 16.4 Å². The SMILES string of the molecule is O=S(=O)(c1cccs1)N1CCc2cc([Se]c3ccccc3)ccc21. The van der Waals surface area contributed by atoms with E-state index in [0.29, 0.717) is 10.8 Å². The van der Waals surface area contributed by atoms with E-state index >= 15 is 0 Å². The van der Waals surface area contributed by atoms with Crippen molar-refractivity contribution < 1.29 is 8.42 Å². The molecule has 6 heteroatoms. The topological polar surface area (TPSA) is 37.4 Å². The molecule has 122 valence electrons. The third-order valence-corrected chi connectivity index (χ3v) is 9.20. The van der Waals surface area contributed by atoms with Crippen molar-refractivity contribution in [3.8, 4) is 0 Å². The van der Waals surface area contributed by atoms with Crippen molar-refractivity contribution in [2.45, 2.75) is 10.6 Å². The zero-order chi connectivity index (χ0) is 16.6. The maximum absolute atomic E-state index is 12.8. The number of hydrogen-bond donors (Lipinski definition) is 0. The van der Waals surface area contributed by atoms with Gasteiger partial charge in [0.1, 0.15) is 0 Å². The fourth-order valence-electron chi connectivity index (χ4n) is 2.80. The minimum absolute atomic E-state index is 0.246. The van der Waals surface area contributed by atoms with Gasteiger partial charge in [-0.1, -0.05) is 0 Å². The molecule has 0 saturated heterocycles. The van der Waals surface area contributed by atoms with E-state index < -0.39 is 10.0 Å². The van der Waals surface area contributed by atoms with Gasteiger partial charge in [-0.15, -0.1) is 0 Å². The third kappa shape index (κ3) is 2.91. The normalized spacial score (nSPS) is 13.9. The molecular weight excluding hydrogens is 405 g/mol. The second-order valence-electron chi connectivity index (χ2n) is 5.46.